The molecular weight excluding hydrogens is 344 g/mol. The quantitative estimate of drug-likeness (QED) is 0.773. The van der Waals surface area contributed by atoms with Crippen molar-refractivity contribution in [3.8, 4) is 6.07 Å². The summed E-state index contributed by atoms with van der Waals surface area (Å²) in [5.41, 5.74) is 1.92. The SMILES string of the molecule is CC1(C)C(=O)c2cnc(Br)cc2N1Cc1cccnc1C#N. The monoisotopic (exact) mass is 356 g/mol. The van der Waals surface area contributed by atoms with Crippen LogP contribution in [-0.2, 0) is 6.54 Å². The molecule has 110 valence electrons. The van der Waals surface area contributed by atoms with E-state index in [1.165, 1.54) is 0 Å². The molecule has 0 saturated carbocycles. The second-order valence-corrected chi connectivity index (χ2v) is 6.43. The van der Waals surface area contributed by atoms with Gasteiger partial charge in [0.25, 0.3) is 0 Å². The molecule has 1 aliphatic rings. The van der Waals surface area contributed by atoms with Crippen LogP contribution in [0.25, 0.3) is 0 Å². The van der Waals surface area contributed by atoms with Crippen LogP contribution in [0.5, 0.6) is 0 Å². The number of rotatable bonds is 2. The van der Waals surface area contributed by atoms with Gasteiger partial charge < -0.3 is 4.90 Å². The van der Waals surface area contributed by atoms with Gasteiger partial charge in [-0.2, -0.15) is 5.26 Å². The number of hydrogen-bond acceptors (Lipinski definition) is 5. The number of nitriles is 1. The zero-order valence-corrected chi connectivity index (χ0v) is 13.8. The first kappa shape index (κ1) is 14.7. The van der Waals surface area contributed by atoms with Crippen LogP contribution in [0.2, 0.25) is 0 Å². The van der Waals surface area contributed by atoms with Gasteiger partial charge in [-0.1, -0.05) is 6.07 Å². The van der Waals surface area contributed by atoms with Crippen molar-refractivity contribution in [1.82, 2.24) is 9.97 Å². The average Bonchev–Trinajstić information content (AvgIpc) is 2.68. The van der Waals surface area contributed by atoms with Crippen LogP contribution in [0.15, 0.2) is 35.2 Å². The third-order valence-electron chi connectivity index (χ3n) is 3.94. The fourth-order valence-electron chi connectivity index (χ4n) is 2.69. The zero-order valence-electron chi connectivity index (χ0n) is 12.2. The molecule has 0 bridgehead atoms. The minimum atomic E-state index is -0.687. The number of pyridine rings is 2. The van der Waals surface area contributed by atoms with Crippen LogP contribution in [0.4, 0.5) is 5.69 Å². The van der Waals surface area contributed by atoms with Gasteiger partial charge in [0.15, 0.2) is 5.78 Å². The van der Waals surface area contributed by atoms with Crippen molar-refractivity contribution in [2.75, 3.05) is 4.90 Å². The summed E-state index contributed by atoms with van der Waals surface area (Å²) in [4.78, 5) is 22.8. The van der Waals surface area contributed by atoms with Crippen molar-refractivity contribution in [2.45, 2.75) is 25.9 Å². The van der Waals surface area contributed by atoms with Crippen molar-refractivity contribution >= 4 is 27.4 Å². The number of ketones is 1. The van der Waals surface area contributed by atoms with Gasteiger partial charge in [0.2, 0.25) is 0 Å². The topological polar surface area (TPSA) is 69.9 Å². The fourth-order valence-corrected chi connectivity index (χ4v) is 3.01. The Hall–Kier alpha value is -2.26. The summed E-state index contributed by atoms with van der Waals surface area (Å²) in [5, 5.41) is 9.20. The van der Waals surface area contributed by atoms with Gasteiger partial charge in [0.1, 0.15) is 16.4 Å². The van der Waals surface area contributed by atoms with Crippen molar-refractivity contribution < 1.29 is 4.79 Å². The number of anilines is 1. The molecule has 0 amide bonds. The summed E-state index contributed by atoms with van der Waals surface area (Å²) in [6.45, 7) is 4.20. The highest BCUT2D eigenvalue weighted by Crippen LogP contribution is 2.40. The Kier molecular flexibility index (Phi) is 3.45. The highest BCUT2D eigenvalue weighted by Gasteiger charge is 2.44. The van der Waals surface area contributed by atoms with Gasteiger partial charge >= 0.3 is 0 Å². The lowest BCUT2D eigenvalue weighted by Gasteiger charge is -2.32. The van der Waals surface area contributed by atoms with E-state index in [4.69, 9.17) is 0 Å². The first-order chi connectivity index (χ1) is 10.4. The fraction of sp³-hybridized carbons (Fsp3) is 0.250. The van der Waals surface area contributed by atoms with Crippen LogP contribution in [0.1, 0.15) is 35.5 Å². The predicted molar refractivity (Wildman–Crippen MR) is 85.5 cm³/mol. The highest BCUT2D eigenvalue weighted by atomic mass is 79.9. The number of hydrogen-bond donors (Lipinski definition) is 0. The van der Waals surface area contributed by atoms with Crippen LogP contribution >= 0.6 is 15.9 Å². The molecule has 0 fully saturated rings. The summed E-state index contributed by atoms with van der Waals surface area (Å²) in [6, 6.07) is 7.59. The van der Waals surface area contributed by atoms with Crippen LogP contribution < -0.4 is 4.90 Å². The number of carbonyl (C=O) groups is 1. The second kappa shape index (κ2) is 5.18. The maximum atomic E-state index is 12.6. The number of aromatic nitrogens is 2. The van der Waals surface area contributed by atoms with Crippen LogP contribution in [-0.4, -0.2) is 21.3 Å². The lowest BCUT2D eigenvalue weighted by atomic mass is 9.97. The molecule has 0 aliphatic carbocycles. The second-order valence-electron chi connectivity index (χ2n) is 5.62. The van der Waals surface area contributed by atoms with E-state index in [1.807, 2.05) is 30.9 Å². The number of Topliss-reactive ketones (excluding diaryl/α,β-unsaturated/α-hetero) is 1. The molecule has 0 atom stereocenters. The van der Waals surface area contributed by atoms with E-state index in [1.54, 1.807) is 18.5 Å². The van der Waals surface area contributed by atoms with Gasteiger partial charge in [-0.3, -0.25) is 4.79 Å². The Balaban J connectivity index is 2.09. The lowest BCUT2D eigenvalue weighted by molar-refractivity contribution is 0.0923. The summed E-state index contributed by atoms with van der Waals surface area (Å²) in [6.07, 6.45) is 3.19. The van der Waals surface area contributed by atoms with Crippen LogP contribution in [0.3, 0.4) is 0 Å². The Morgan fingerprint density at radius 3 is 2.91 bits per heavy atom. The van der Waals surface area contributed by atoms with Gasteiger partial charge in [0.05, 0.1) is 16.8 Å². The molecule has 22 heavy (non-hydrogen) atoms. The normalized spacial score (nSPS) is 15.5. The zero-order chi connectivity index (χ0) is 15.9. The molecule has 0 N–H and O–H groups in total. The van der Waals surface area contributed by atoms with Crippen molar-refractivity contribution in [3.63, 3.8) is 0 Å². The van der Waals surface area contributed by atoms with Gasteiger partial charge in [-0.05, 0) is 41.9 Å². The maximum absolute atomic E-state index is 12.6. The molecule has 0 radical (unpaired) electrons. The molecule has 5 nitrogen and oxygen atoms in total. The molecule has 6 heteroatoms. The number of halogens is 1. The summed E-state index contributed by atoms with van der Waals surface area (Å²) >= 11 is 3.35. The molecule has 1 aliphatic heterocycles. The minimum Gasteiger partial charge on any atom is -0.354 e. The number of carbonyl (C=O) groups excluding carboxylic acids is 1. The van der Waals surface area contributed by atoms with Crippen molar-refractivity contribution in [1.29, 1.82) is 5.26 Å². The molecule has 2 aromatic heterocycles. The van der Waals surface area contributed by atoms with Gasteiger partial charge in [0, 0.05) is 24.5 Å². The molecule has 3 rings (SSSR count). The first-order valence-electron chi connectivity index (χ1n) is 6.77. The van der Waals surface area contributed by atoms with E-state index in [9.17, 15) is 10.1 Å². The summed E-state index contributed by atoms with van der Waals surface area (Å²) < 4.78 is 0.674. The summed E-state index contributed by atoms with van der Waals surface area (Å²) in [5.74, 6) is 0.0323. The maximum Gasteiger partial charge on any atom is 0.191 e. The predicted octanol–water partition coefficient (Wildman–Crippen LogP) is 3.09. The number of fused-ring (bicyclic) bond motifs is 1. The Labute approximate surface area is 136 Å². The standard InChI is InChI=1S/C16H13BrN4O/c1-16(2)15(22)11-8-20-14(17)6-13(11)21(16)9-10-4-3-5-19-12(10)7-18/h3-6,8H,9H2,1-2H3. The van der Waals surface area contributed by atoms with E-state index < -0.39 is 5.54 Å². The Morgan fingerprint density at radius 2 is 2.18 bits per heavy atom. The lowest BCUT2D eigenvalue weighted by Crippen LogP contribution is -2.44. The highest BCUT2D eigenvalue weighted by molar-refractivity contribution is 9.10. The minimum absolute atomic E-state index is 0.0323. The third-order valence-corrected chi connectivity index (χ3v) is 4.37. The van der Waals surface area contributed by atoms with Crippen molar-refractivity contribution in [2.24, 2.45) is 0 Å². The summed E-state index contributed by atoms with van der Waals surface area (Å²) in [7, 11) is 0. The van der Waals surface area contributed by atoms with E-state index in [0.717, 1.165) is 11.3 Å². The van der Waals surface area contributed by atoms with Gasteiger partial charge in [-0.15, -0.1) is 0 Å². The van der Waals surface area contributed by atoms with E-state index in [-0.39, 0.29) is 5.78 Å². The average molecular weight is 357 g/mol. The largest absolute Gasteiger partial charge is 0.354 e. The van der Waals surface area contributed by atoms with E-state index in [0.29, 0.717) is 22.4 Å². The molecule has 0 unspecified atom stereocenters. The molecule has 0 spiro atoms. The smallest absolute Gasteiger partial charge is 0.191 e. The molecule has 3 heterocycles. The Bertz CT molecular complexity index is 810. The molecule has 0 aromatic carbocycles. The molecule has 0 saturated heterocycles. The third kappa shape index (κ3) is 2.18. The van der Waals surface area contributed by atoms with Gasteiger partial charge in [-0.25, -0.2) is 9.97 Å². The Morgan fingerprint density at radius 1 is 1.41 bits per heavy atom. The van der Waals surface area contributed by atoms with Crippen LogP contribution in [0, 0.1) is 11.3 Å². The molecule has 2 aromatic rings. The van der Waals surface area contributed by atoms with E-state index >= 15 is 0 Å². The van der Waals surface area contributed by atoms with Crippen molar-refractivity contribution in [3.05, 3.63) is 52.0 Å². The first-order valence-corrected chi connectivity index (χ1v) is 7.56. The van der Waals surface area contributed by atoms with E-state index in [2.05, 4.69) is 32.0 Å². The molecular formula is C16H13BrN4O. The number of nitrogens with zero attached hydrogens (tertiary/aromatic N) is 4.